The number of pyridine rings is 1. The smallest absolute Gasteiger partial charge is 0.352 e. The van der Waals surface area contributed by atoms with Crippen LogP contribution >= 0.6 is 0 Å². The van der Waals surface area contributed by atoms with Gasteiger partial charge >= 0.3 is 6.18 Å². The molecule has 1 aromatic heterocycles. The molecule has 6 nitrogen and oxygen atoms in total. The standard InChI is InChI=1S/C26H27F3N4O2/c27-26(28,29)22-8-4-3-7-21(22)25(35)33-15-19-13-32(14-20(19)16-33)23-10-9-18(12-30-23)24(34)31-11-17-5-1-2-6-17/h3-4,7-10,12,17H,1-2,5-6,11,13-16H2,(H,31,34). The van der Waals surface area contributed by atoms with Crippen LogP contribution in [0.25, 0.3) is 0 Å². The lowest BCUT2D eigenvalue weighted by Gasteiger charge is -2.24. The molecule has 1 aromatic carbocycles. The maximum absolute atomic E-state index is 13.3. The molecule has 1 saturated carbocycles. The van der Waals surface area contributed by atoms with Crippen LogP contribution in [0.1, 0.15) is 52.0 Å². The quantitative estimate of drug-likeness (QED) is 0.643. The van der Waals surface area contributed by atoms with E-state index in [1.54, 1.807) is 12.3 Å². The van der Waals surface area contributed by atoms with Crippen LogP contribution in [0.5, 0.6) is 0 Å². The van der Waals surface area contributed by atoms with Crippen LogP contribution in [0.4, 0.5) is 19.0 Å². The van der Waals surface area contributed by atoms with E-state index in [2.05, 4.69) is 15.2 Å². The van der Waals surface area contributed by atoms with Gasteiger partial charge in [-0.15, -0.1) is 0 Å². The monoisotopic (exact) mass is 484 g/mol. The van der Waals surface area contributed by atoms with Crippen molar-refractivity contribution in [1.29, 1.82) is 0 Å². The number of halogens is 3. The summed E-state index contributed by atoms with van der Waals surface area (Å²) in [6.07, 6.45) is 1.80. The zero-order valence-electron chi connectivity index (χ0n) is 19.3. The van der Waals surface area contributed by atoms with Gasteiger partial charge in [0.05, 0.1) is 16.7 Å². The van der Waals surface area contributed by atoms with Gasteiger partial charge in [-0.3, -0.25) is 9.59 Å². The lowest BCUT2D eigenvalue weighted by atomic mass is 10.1. The molecule has 2 aromatic rings. The van der Waals surface area contributed by atoms with E-state index in [0.717, 1.165) is 23.0 Å². The molecule has 0 spiro atoms. The van der Waals surface area contributed by atoms with Crippen molar-refractivity contribution in [3.8, 4) is 0 Å². The van der Waals surface area contributed by atoms with Crippen molar-refractivity contribution in [2.75, 3.05) is 37.6 Å². The Morgan fingerprint density at radius 2 is 1.66 bits per heavy atom. The lowest BCUT2D eigenvalue weighted by Crippen LogP contribution is -2.35. The van der Waals surface area contributed by atoms with Gasteiger partial charge in [0.25, 0.3) is 11.8 Å². The summed E-state index contributed by atoms with van der Waals surface area (Å²) in [5.41, 5.74) is 1.36. The normalized spacial score (nSPS) is 18.4. The summed E-state index contributed by atoms with van der Waals surface area (Å²) in [4.78, 5) is 33.3. The second kappa shape index (κ2) is 9.36. The number of amides is 2. The zero-order valence-corrected chi connectivity index (χ0v) is 19.3. The molecule has 9 heteroatoms. The predicted molar refractivity (Wildman–Crippen MR) is 125 cm³/mol. The maximum Gasteiger partial charge on any atom is 0.417 e. The molecule has 0 radical (unpaired) electrons. The molecule has 2 amide bonds. The van der Waals surface area contributed by atoms with Crippen LogP contribution in [0.15, 0.2) is 53.7 Å². The lowest BCUT2D eigenvalue weighted by molar-refractivity contribution is -0.138. The molecule has 0 unspecified atom stereocenters. The first-order chi connectivity index (χ1) is 16.8. The number of aromatic nitrogens is 1. The first-order valence-electron chi connectivity index (χ1n) is 11.9. The Hall–Kier alpha value is -3.36. The fraction of sp³-hybridized carbons (Fsp3) is 0.423. The summed E-state index contributed by atoms with van der Waals surface area (Å²) in [7, 11) is 0. The Kier molecular flexibility index (Phi) is 6.25. The van der Waals surface area contributed by atoms with Crippen LogP contribution in [0.2, 0.25) is 0 Å². The topological polar surface area (TPSA) is 65.5 Å². The largest absolute Gasteiger partial charge is 0.417 e. The summed E-state index contributed by atoms with van der Waals surface area (Å²) >= 11 is 0. The van der Waals surface area contributed by atoms with Gasteiger partial charge in [-0.2, -0.15) is 13.2 Å². The highest BCUT2D eigenvalue weighted by Crippen LogP contribution is 2.34. The molecular weight excluding hydrogens is 457 g/mol. The van der Waals surface area contributed by atoms with E-state index >= 15 is 0 Å². The molecule has 3 aliphatic rings. The molecule has 3 heterocycles. The fourth-order valence-electron chi connectivity index (χ4n) is 5.23. The number of rotatable bonds is 5. The minimum absolute atomic E-state index is 0.119. The Bertz CT molecular complexity index is 1140. The number of hydrogen-bond acceptors (Lipinski definition) is 4. The van der Waals surface area contributed by atoms with Gasteiger partial charge in [0.15, 0.2) is 0 Å². The van der Waals surface area contributed by atoms with Crippen LogP contribution in [0.3, 0.4) is 0 Å². The highest BCUT2D eigenvalue weighted by Gasteiger charge is 2.38. The van der Waals surface area contributed by atoms with Crippen molar-refractivity contribution in [3.63, 3.8) is 0 Å². The SMILES string of the molecule is O=C(NCC1CCCC1)c1ccc(N2CC3=C(CN(C(=O)c4ccccc4C(F)(F)F)C3)C2)nc1. The second-order valence-electron chi connectivity index (χ2n) is 9.53. The van der Waals surface area contributed by atoms with Crippen molar-refractivity contribution in [1.82, 2.24) is 15.2 Å². The molecular formula is C26H27F3N4O2. The highest BCUT2D eigenvalue weighted by molar-refractivity contribution is 5.96. The van der Waals surface area contributed by atoms with Gasteiger partial charge in [0.2, 0.25) is 0 Å². The number of benzene rings is 1. The van der Waals surface area contributed by atoms with Crippen LogP contribution < -0.4 is 10.2 Å². The van der Waals surface area contributed by atoms with Gasteiger partial charge in [0.1, 0.15) is 5.82 Å². The number of carbonyl (C=O) groups excluding carboxylic acids is 2. The maximum atomic E-state index is 13.3. The Morgan fingerprint density at radius 3 is 2.29 bits per heavy atom. The number of carbonyl (C=O) groups is 2. The van der Waals surface area contributed by atoms with E-state index in [0.29, 0.717) is 44.2 Å². The third kappa shape index (κ3) is 4.90. The summed E-state index contributed by atoms with van der Waals surface area (Å²) < 4.78 is 40.0. The predicted octanol–water partition coefficient (Wildman–Crippen LogP) is 4.29. The molecule has 0 saturated heterocycles. The van der Waals surface area contributed by atoms with Crippen molar-refractivity contribution < 1.29 is 22.8 Å². The summed E-state index contributed by atoms with van der Waals surface area (Å²) in [5, 5.41) is 3.00. The van der Waals surface area contributed by atoms with Gasteiger partial charge in [-0.05, 0) is 54.2 Å². The van der Waals surface area contributed by atoms with Crippen LogP contribution in [-0.2, 0) is 6.18 Å². The molecule has 5 rings (SSSR count). The van der Waals surface area contributed by atoms with E-state index in [-0.39, 0.29) is 11.5 Å². The number of nitrogens with one attached hydrogen (secondary N) is 1. The highest BCUT2D eigenvalue weighted by atomic mass is 19.4. The number of nitrogens with zero attached hydrogens (tertiary/aromatic N) is 3. The van der Waals surface area contributed by atoms with Crippen molar-refractivity contribution >= 4 is 17.6 Å². The third-order valence-electron chi connectivity index (χ3n) is 7.14. The first kappa shape index (κ1) is 23.4. The Labute approximate surface area is 201 Å². The molecule has 1 aliphatic carbocycles. The van der Waals surface area contributed by atoms with Crippen molar-refractivity contribution in [2.45, 2.75) is 31.9 Å². The molecule has 0 bridgehead atoms. The summed E-state index contributed by atoms with van der Waals surface area (Å²) in [6, 6.07) is 8.49. The van der Waals surface area contributed by atoms with Gasteiger partial charge in [0, 0.05) is 38.9 Å². The van der Waals surface area contributed by atoms with E-state index in [9.17, 15) is 22.8 Å². The second-order valence-corrected chi connectivity index (χ2v) is 9.53. The van der Waals surface area contributed by atoms with Crippen LogP contribution in [0, 0.1) is 5.92 Å². The fourth-order valence-corrected chi connectivity index (χ4v) is 5.23. The minimum atomic E-state index is -4.58. The van der Waals surface area contributed by atoms with E-state index in [1.807, 2.05) is 6.07 Å². The average molecular weight is 485 g/mol. The molecule has 35 heavy (non-hydrogen) atoms. The van der Waals surface area contributed by atoms with E-state index in [4.69, 9.17) is 0 Å². The summed E-state index contributed by atoms with van der Waals surface area (Å²) in [6.45, 7) is 2.42. The summed E-state index contributed by atoms with van der Waals surface area (Å²) in [5.74, 6) is 0.570. The molecule has 1 fully saturated rings. The van der Waals surface area contributed by atoms with Gasteiger partial charge in [-0.25, -0.2) is 4.98 Å². The average Bonchev–Trinajstić information content (AvgIpc) is 3.58. The zero-order chi connectivity index (χ0) is 24.6. The van der Waals surface area contributed by atoms with Gasteiger partial charge in [-0.1, -0.05) is 25.0 Å². The van der Waals surface area contributed by atoms with E-state index < -0.39 is 17.6 Å². The van der Waals surface area contributed by atoms with Gasteiger partial charge < -0.3 is 15.1 Å². The van der Waals surface area contributed by atoms with E-state index in [1.165, 1.54) is 48.8 Å². The van der Waals surface area contributed by atoms with Crippen molar-refractivity contribution in [2.24, 2.45) is 5.92 Å². The van der Waals surface area contributed by atoms with Crippen molar-refractivity contribution in [3.05, 3.63) is 70.4 Å². The Balaban J connectivity index is 1.17. The molecule has 1 N–H and O–H groups in total. The molecule has 0 atom stereocenters. The number of anilines is 1. The third-order valence-corrected chi connectivity index (χ3v) is 7.14. The molecule has 2 aliphatic heterocycles. The molecule has 184 valence electrons. The Morgan fingerprint density at radius 1 is 0.971 bits per heavy atom. The first-order valence-corrected chi connectivity index (χ1v) is 11.9. The number of alkyl halides is 3. The number of hydrogen-bond donors (Lipinski definition) is 1. The minimum Gasteiger partial charge on any atom is -0.352 e. The van der Waals surface area contributed by atoms with Crippen LogP contribution in [-0.4, -0.2) is 54.4 Å².